The lowest BCUT2D eigenvalue weighted by Crippen LogP contribution is -2.27. The molecule has 4 nitrogen and oxygen atoms in total. The average molecular weight is 339 g/mol. The van der Waals surface area contributed by atoms with Crippen LogP contribution in [0.5, 0.6) is 0 Å². The molecule has 122 valence electrons. The van der Waals surface area contributed by atoms with Crippen LogP contribution in [0.1, 0.15) is 11.1 Å². The molecule has 0 saturated heterocycles. The molecular formula is C19H19ClN4. The monoisotopic (exact) mass is 338 g/mol. The van der Waals surface area contributed by atoms with Crippen LogP contribution in [-0.2, 0) is 13.0 Å². The zero-order valence-electron chi connectivity index (χ0n) is 13.3. The molecule has 0 bridgehead atoms. The van der Waals surface area contributed by atoms with Gasteiger partial charge >= 0.3 is 0 Å². The van der Waals surface area contributed by atoms with Crippen molar-refractivity contribution in [2.24, 2.45) is 0 Å². The van der Waals surface area contributed by atoms with Crippen molar-refractivity contribution < 1.29 is 0 Å². The van der Waals surface area contributed by atoms with Crippen molar-refractivity contribution in [2.45, 2.75) is 13.0 Å². The molecule has 0 aliphatic rings. The highest BCUT2D eigenvalue weighted by molar-refractivity contribution is 6.31. The van der Waals surface area contributed by atoms with Crippen LogP contribution in [0.2, 0.25) is 5.02 Å². The first-order valence-electron chi connectivity index (χ1n) is 7.83. The molecule has 2 N–H and O–H groups in total. The van der Waals surface area contributed by atoms with Crippen LogP contribution >= 0.6 is 11.6 Å². The van der Waals surface area contributed by atoms with E-state index < -0.39 is 0 Å². The smallest absolute Gasteiger partial charge is 0.227 e. The molecule has 0 fully saturated rings. The summed E-state index contributed by atoms with van der Waals surface area (Å²) in [5.74, 6) is 1.08. The molecule has 0 amide bonds. The topological polar surface area (TPSA) is 55.0 Å². The van der Waals surface area contributed by atoms with Gasteiger partial charge in [-0.15, -0.1) is 0 Å². The number of rotatable bonds is 6. The number of aromatic nitrogens is 2. The van der Waals surface area contributed by atoms with Gasteiger partial charge in [-0.3, -0.25) is 0 Å². The SMILES string of the molecule is Nc1ccnc(N(CCc2ccccc2)Cc2ccccc2Cl)n1. The Balaban J connectivity index is 1.82. The van der Waals surface area contributed by atoms with Crippen molar-refractivity contribution in [1.82, 2.24) is 9.97 Å². The number of nitrogens with two attached hydrogens (primary N) is 1. The van der Waals surface area contributed by atoms with E-state index in [-0.39, 0.29) is 0 Å². The van der Waals surface area contributed by atoms with Gasteiger partial charge in [-0.25, -0.2) is 4.98 Å². The maximum absolute atomic E-state index is 6.31. The van der Waals surface area contributed by atoms with Gasteiger partial charge in [-0.05, 0) is 29.7 Å². The van der Waals surface area contributed by atoms with E-state index in [1.807, 2.05) is 42.5 Å². The molecule has 0 saturated carbocycles. The fourth-order valence-corrected chi connectivity index (χ4v) is 2.70. The molecule has 0 radical (unpaired) electrons. The fraction of sp³-hybridized carbons (Fsp3) is 0.158. The summed E-state index contributed by atoms with van der Waals surface area (Å²) in [6, 6.07) is 19.9. The Morgan fingerprint density at radius 3 is 2.46 bits per heavy atom. The van der Waals surface area contributed by atoms with Crippen LogP contribution in [0.4, 0.5) is 11.8 Å². The van der Waals surface area contributed by atoms with Crippen LogP contribution in [0, 0.1) is 0 Å². The van der Waals surface area contributed by atoms with Crippen molar-refractivity contribution in [2.75, 3.05) is 17.2 Å². The first kappa shape index (κ1) is 16.3. The van der Waals surface area contributed by atoms with E-state index in [9.17, 15) is 0 Å². The van der Waals surface area contributed by atoms with E-state index in [0.29, 0.717) is 18.3 Å². The third kappa shape index (κ3) is 4.24. The van der Waals surface area contributed by atoms with Crippen LogP contribution in [-0.4, -0.2) is 16.5 Å². The highest BCUT2D eigenvalue weighted by Gasteiger charge is 2.12. The standard InChI is InChI=1S/C19H19ClN4/c20-17-9-5-4-8-16(17)14-24(19-22-12-10-18(21)23-19)13-11-15-6-2-1-3-7-15/h1-10,12H,11,13-14H2,(H2,21,22,23). The number of nitrogen functional groups attached to an aromatic ring is 1. The molecule has 0 spiro atoms. The summed E-state index contributed by atoms with van der Waals surface area (Å²) < 4.78 is 0. The van der Waals surface area contributed by atoms with Gasteiger partial charge in [0, 0.05) is 24.3 Å². The van der Waals surface area contributed by atoms with Crippen molar-refractivity contribution in [3.8, 4) is 0 Å². The van der Waals surface area contributed by atoms with E-state index in [1.54, 1.807) is 12.3 Å². The first-order valence-corrected chi connectivity index (χ1v) is 8.21. The fourth-order valence-electron chi connectivity index (χ4n) is 2.51. The van der Waals surface area contributed by atoms with Crippen molar-refractivity contribution in [3.63, 3.8) is 0 Å². The zero-order valence-corrected chi connectivity index (χ0v) is 14.0. The van der Waals surface area contributed by atoms with E-state index in [4.69, 9.17) is 17.3 Å². The molecule has 5 heteroatoms. The molecule has 2 aromatic carbocycles. The summed E-state index contributed by atoms with van der Waals surface area (Å²) in [6.45, 7) is 1.41. The number of halogens is 1. The molecule has 3 aromatic rings. The molecule has 0 aliphatic heterocycles. The lowest BCUT2D eigenvalue weighted by molar-refractivity contribution is 0.752. The van der Waals surface area contributed by atoms with Crippen molar-refractivity contribution >= 4 is 23.4 Å². The Labute approximate surface area is 146 Å². The number of hydrogen-bond donors (Lipinski definition) is 1. The summed E-state index contributed by atoms with van der Waals surface area (Å²) >= 11 is 6.31. The van der Waals surface area contributed by atoms with Crippen LogP contribution in [0.15, 0.2) is 66.9 Å². The Morgan fingerprint density at radius 2 is 1.71 bits per heavy atom. The zero-order chi connectivity index (χ0) is 16.8. The second kappa shape index (κ2) is 7.79. The third-order valence-corrected chi connectivity index (χ3v) is 4.15. The lowest BCUT2D eigenvalue weighted by Gasteiger charge is -2.23. The summed E-state index contributed by atoms with van der Waals surface area (Å²) in [5.41, 5.74) is 8.13. The normalized spacial score (nSPS) is 10.5. The summed E-state index contributed by atoms with van der Waals surface area (Å²) in [6.07, 6.45) is 2.57. The summed E-state index contributed by atoms with van der Waals surface area (Å²) in [4.78, 5) is 10.8. The van der Waals surface area contributed by atoms with Gasteiger partial charge < -0.3 is 10.6 Å². The second-order valence-corrected chi connectivity index (χ2v) is 5.94. The predicted octanol–water partition coefficient (Wildman–Crippen LogP) is 3.96. The molecule has 1 aromatic heterocycles. The van der Waals surface area contributed by atoms with Crippen LogP contribution < -0.4 is 10.6 Å². The van der Waals surface area contributed by atoms with Crippen LogP contribution in [0.25, 0.3) is 0 Å². The van der Waals surface area contributed by atoms with Gasteiger partial charge in [0.2, 0.25) is 5.95 Å². The van der Waals surface area contributed by atoms with Crippen molar-refractivity contribution in [3.05, 3.63) is 83.0 Å². The molecule has 0 aliphatic carbocycles. The Morgan fingerprint density at radius 1 is 0.958 bits per heavy atom. The van der Waals surface area contributed by atoms with Crippen LogP contribution in [0.3, 0.4) is 0 Å². The minimum absolute atomic E-state index is 0.462. The predicted molar refractivity (Wildman–Crippen MR) is 99.1 cm³/mol. The van der Waals surface area contributed by atoms with Gasteiger partial charge in [0.25, 0.3) is 0 Å². The Hall–Kier alpha value is -2.59. The quantitative estimate of drug-likeness (QED) is 0.739. The molecule has 0 unspecified atom stereocenters. The minimum atomic E-state index is 0.462. The molecule has 3 rings (SSSR count). The first-order chi connectivity index (χ1) is 11.7. The second-order valence-electron chi connectivity index (χ2n) is 5.53. The van der Waals surface area contributed by atoms with Crippen molar-refractivity contribution in [1.29, 1.82) is 0 Å². The number of anilines is 2. The number of benzene rings is 2. The van der Waals surface area contributed by atoms with Gasteiger partial charge in [-0.2, -0.15) is 4.98 Å². The average Bonchev–Trinajstić information content (AvgIpc) is 2.61. The van der Waals surface area contributed by atoms with E-state index in [2.05, 4.69) is 27.0 Å². The van der Waals surface area contributed by atoms with Gasteiger partial charge in [0.05, 0.1) is 0 Å². The lowest BCUT2D eigenvalue weighted by atomic mass is 10.1. The summed E-state index contributed by atoms with van der Waals surface area (Å²) in [5, 5.41) is 0.742. The molecule has 1 heterocycles. The minimum Gasteiger partial charge on any atom is -0.384 e. The highest BCUT2D eigenvalue weighted by Crippen LogP contribution is 2.20. The van der Waals surface area contributed by atoms with E-state index in [0.717, 1.165) is 23.6 Å². The Bertz CT molecular complexity index is 792. The molecular weight excluding hydrogens is 320 g/mol. The third-order valence-electron chi connectivity index (χ3n) is 3.78. The maximum Gasteiger partial charge on any atom is 0.227 e. The molecule has 0 atom stereocenters. The number of nitrogens with zero attached hydrogens (tertiary/aromatic N) is 3. The van der Waals surface area contributed by atoms with E-state index >= 15 is 0 Å². The van der Waals surface area contributed by atoms with E-state index in [1.165, 1.54) is 5.56 Å². The molecule has 24 heavy (non-hydrogen) atoms. The number of hydrogen-bond acceptors (Lipinski definition) is 4. The highest BCUT2D eigenvalue weighted by atomic mass is 35.5. The maximum atomic E-state index is 6.31. The Kier molecular flexibility index (Phi) is 5.29. The van der Waals surface area contributed by atoms with Gasteiger partial charge in [0.1, 0.15) is 5.82 Å². The van der Waals surface area contributed by atoms with Gasteiger partial charge in [-0.1, -0.05) is 60.1 Å². The van der Waals surface area contributed by atoms with Gasteiger partial charge in [0.15, 0.2) is 0 Å². The largest absolute Gasteiger partial charge is 0.384 e. The summed E-state index contributed by atoms with van der Waals surface area (Å²) in [7, 11) is 0.